The largest absolute Gasteiger partial charge is 0.350 e. The molecule has 0 radical (unpaired) electrons. The van der Waals surface area contributed by atoms with E-state index in [9.17, 15) is 9.59 Å². The van der Waals surface area contributed by atoms with Crippen molar-refractivity contribution in [2.45, 2.75) is 78.9 Å². The first-order valence-corrected chi connectivity index (χ1v) is 13.0. The molecule has 3 aromatic rings. The maximum Gasteiger partial charge on any atom is 0.256 e. The third-order valence-electron chi connectivity index (χ3n) is 6.50. The summed E-state index contributed by atoms with van der Waals surface area (Å²) in [5.74, 6) is 0.556. The van der Waals surface area contributed by atoms with Crippen molar-refractivity contribution in [3.8, 4) is 0 Å². The summed E-state index contributed by atoms with van der Waals surface area (Å²) < 4.78 is 0. The highest BCUT2D eigenvalue weighted by Crippen LogP contribution is 2.29. The summed E-state index contributed by atoms with van der Waals surface area (Å²) in [6.45, 7) is 14.4. The number of nitrogens with zero attached hydrogens (tertiary/aromatic N) is 4. The van der Waals surface area contributed by atoms with E-state index in [1.807, 2.05) is 43.0 Å². The Labute approximate surface area is 249 Å². The Kier molecular flexibility index (Phi) is 9.52. The van der Waals surface area contributed by atoms with E-state index in [4.69, 9.17) is 0 Å². The van der Waals surface area contributed by atoms with Crippen LogP contribution in [0.5, 0.6) is 0 Å². The molecular formula is C29H40IN7O2. The molecule has 0 bridgehead atoms. The lowest BCUT2D eigenvalue weighted by Crippen LogP contribution is -2.41. The zero-order chi connectivity index (χ0) is 27.6. The van der Waals surface area contributed by atoms with Crippen LogP contribution in [-0.4, -0.2) is 43.7 Å². The lowest BCUT2D eigenvalue weighted by molar-refractivity contribution is -0.131. The number of aromatic nitrogens is 3. The lowest BCUT2D eigenvalue weighted by atomic mass is 9.91. The van der Waals surface area contributed by atoms with E-state index in [0.29, 0.717) is 23.9 Å². The lowest BCUT2D eigenvalue weighted by Gasteiger charge is -2.34. The third-order valence-corrected chi connectivity index (χ3v) is 6.50. The first-order chi connectivity index (χ1) is 17.9. The molecule has 9 nitrogen and oxygen atoms in total. The first kappa shape index (κ1) is 30.3. The SMILES string of the molecule is CC(=O)N1Cc2cc(Nc3ncc(C(=O)NC(C)C)c(Nc4ccnc(C(C)(C)C)c4)n3)ccc2CC1C.I.[HH]. The second kappa shape index (κ2) is 12.3. The van der Waals surface area contributed by atoms with Crippen molar-refractivity contribution in [3.05, 3.63) is 65.1 Å². The van der Waals surface area contributed by atoms with Gasteiger partial charge in [-0.2, -0.15) is 4.98 Å². The average molecular weight is 646 g/mol. The second-order valence-electron chi connectivity index (χ2n) is 11.2. The maximum absolute atomic E-state index is 12.9. The smallest absolute Gasteiger partial charge is 0.256 e. The summed E-state index contributed by atoms with van der Waals surface area (Å²) in [7, 11) is 0. The Hall–Kier alpha value is -3.28. The standard InChI is InChI=1S/C29H37N7O2.HI.H2/c1-17(2)32-27(38)24-15-31-28(35-26(24)33-23-10-11-30-25(14-23)29(5,6)7)34-22-9-8-20-12-18(3)36(19(4)37)16-21(20)13-22;;/h8-11,13-15,17-18H,12,16H2,1-7H3,(H,32,38)(H2,30,31,33,34,35);2*1H. The normalized spacial score (nSPS) is 14.8. The molecule has 39 heavy (non-hydrogen) atoms. The molecule has 1 unspecified atom stereocenters. The maximum atomic E-state index is 12.9. The Morgan fingerprint density at radius 3 is 2.44 bits per heavy atom. The molecule has 1 aliphatic heterocycles. The molecule has 1 atom stereocenters. The van der Waals surface area contributed by atoms with Crippen LogP contribution in [0, 0.1) is 0 Å². The van der Waals surface area contributed by atoms with Gasteiger partial charge >= 0.3 is 0 Å². The van der Waals surface area contributed by atoms with Crippen molar-refractivity contribution in [2.75, 3.05) is 10.6 Å². The van der Waals surface area contributed by atoms with Crippen LogP contribution in [0.2, 0.25) is 0 Å². The van der Waals surface area contributed by atoms with Crippen LogP contribution in [0.4, 0.5) is 23.1 Å². The highest BCUT2D eigenvalue weighted by molar-refractivity contribution is 14.0. The summed E-state index contributed by atoms with van der Waals surface area (Å²) >= 11 is 0. The Morgan fingerprint density at radius 1 is 1.05 bits per heavy atom. The van der Waals surface area contributed by atoms with Crippen LogP contribution in [-0.2, 0) is 23.2 Å². The topological polar surface area (TPSA) is 112 Å². The molecular weight excluding hydrogens is 605 g/mol. The minimum atomic E-state index is -0.258. The number of pyridine rings is 1. The fourth-order valence-corrected chi connectivity index (χ4v) is 4.47. The fourth-order valence-electron chi connectivity index (χ4n) is 4.47. The number of hydrogen-bond acceptors (Lipinski definition) is 7. The molecule has 0 saturated heterocycles. The first-order valence-electron chi connectivity index (χ1n) is 13.0. The van der Waals surface area contributed by atoms with E-state index >= 15 is 0 Å². The number of carbonyl (C=O) groups excluding carboxylic acids is 2. The van der Waals surface area contributed by atoms with E-state index < -0.39 is 0 Å². The van der Waals surface area contributed by atoms with Gasteiger partial charge in [0.25, 0.3) is 5.91 Å². The summed E-state index contributed by atoms with van der Waals surface area (Å²) in [4.78, 5) is 40.5. The monoisotopic (exact) mass is 645 g/mol. The van der Waals surface area contributed by atoms with Crippen molar-refractivity contribution < 1.29 is 11.0 Å². The van der Waals surface area contributed by atoms with E-state index in [2.05, 4.69) is 64.7 Å². The number of rotatable bonds is 6. The van der Waals surface area contributed by atoms with Crippen LogP contribution in [0.15, 0.2) is 42.7 Å². The van der Waals surface area contributed by atoms with E-state index in [-0.39, 0.29) is 54.7 Å². The van der Waals surface area contributed by atoms with E-state index in [0.717, 1.165) is 29.1 Å². The molecule has 10 heteroatoms. The van der Waals surface area contributed by atoms with Crippen molar-refractivity contribution in [1.29, 1.82) is 0 Å². The third kappa shape index (κ3) is 7.43. The van der Waals surface area contributed by atoms with Gasteiger partial charge in [0, 0.05) is 61.9 Å². The van der Waals surface area contributed by atoms with E-state index in [1.165, 1.54) is 11.8 Å². The van der Waals surface area contributed by atoms with Gasteiger partial charge in [0.15, 0.2) is 0 Å². The van der Waals surface area contributed by atoms with Gasteiger partial charge in [-0.1, -0.05) is 26.8 Å². The number of hydrogen-bond donors (Lipinski definition) is 3. The van der Waals surface area contributed by atoms with Gasteiger partial charge in [-0.05, 0) is 62.6 Å². The highest BCUT2D eigenvalue weighted by Gasteiger charge is 2.25. The quantitative estimate of drug-likeness (QED) is 0.284. The molecule has 2 aromatic heterocycles. The Morgan fingerprint density at radius 2 is 1.77 bits per heavy atom. The molecule has 0 aliphatic carbocycles. The number of nitrogens with one attached hydrogen (secondary N) is 3. The second-order valence-corrected chi connectivity index (χ2v) is 11.2. The summed E-state index contributed by atoms with van der Waals surface area (Å²) in [6, 6.07) is 10.1. The van der Waals surface area contributed by atoms with Gasteiger partial charge < -0.3 is 20.9 Å². The van der Waals surface area contributed by atoms with Crippen molar-refractivity contribution >= 4 is 58.9 Å². The number of anilines is 4. The van der Waals surface area contributed by atoms with Gasteiger partial charge in [0.1, 0.15) is 11.4 Å². The number of fused-ring (bicyclic) bond motifs is 1. The molecule has 0 fully saturated rings. The minimum absolute atomic E-state index is 0. The summed E-state index contributed by atoms with van der Waals surface area (Å²) in [5.41, 5.74) is 5.06. The highest BCUT2D eigenvalue weighted by atomic mass is 127. The molecule has 1 aliphatic rings. The summed E-state index contributed by atoms with van der Waals surface area (Å²) in [5, 5.41) is 9.49. The van der Waals surface area contributed by atoms with Gasteiger partial charge in [-0.15, -0.1) is 24.0 Å². The Bertz CT molecular complexity index is 1360. The Balaban J connectivity index is 0.00000280. The van der Waals surface area contributed by atoms with Gasteiger partial charge in [-0.3, -0.25) is 14.6 Å². The van der Waals surface area contributed by atoms with E-state index in [1.54, 1.807) is 13.1 Å². The van der Waals surface area contributed by atoms with Crippen LogP contribution in [0.1, 0.15) is 77.1 Å². The van der Waals surface area contributed by atoms with Crippen LogP contribution in [0.25, 0.3) is 0 Å². The van der Waals surface area contributed by atoms with Crippen molar-refractivity contribution in [3.63, 3.8) is 0 Å². The van der Waals surface area contributed by atoms with Crippen LogP contribution in [0.3, 0.4) is 0 Å². The number of benzene rings is 1. The molecule has 0 saturated carbocycles. The van der Waals surface area contributed by atoms with Gasteiger partial charge in [0.2, 0.25) is 11.9 Å². The zero-order valence-electron chi connectivity index (χ0n) is 23.6. The fraction of sp³-hybridized carbons (Fsp3) is 0.414. The zero-order valence-corrected chi connectivity index (χ0v) is 26.0. The van der Waals surface area contributed by atoms with Crippen molar-refractivity contribution in [2.24, 2.45) is 0 Å². The number of amides is 2. The molecule has 0 spiro atoms. The molecule has 3 heterocycles. The van der Waals surface area contributed by atoms with Gasteiger partial charge in [-0.25, -0.2) is 4.98 Å². The van der Waals surface area contributed by atoms with Crippen LogP contribution >= 0.6 is 24.0 Å². The predicted molar refractivity (Wildman–Crippen MR) is 167 cm³/mol. The number of halogens is 1. The average Bonchev–Trinajstić information content (AvgIpc) is 2.83. The van der Waals surface area contributed by atoms with Crippen LogP contribution < -0.4 is 16.0 Å². The van der Waals surface area contributed by atoms with Crippen molar-refractivity contribution in [1.82, 2.24) is 25.2 Å². The van der Waals surface area contributed by atoms with Gasteiger partial charge in [0.05, 0.1) is 0 Å². The summed E-state index contributed by atoms with van der Waals surface area (Å²) in [6.07, 6.45) is 4.09. The number of carbonyl (C=O) groups is 2. The predicted octanol–water partition coefficient (Wildman–Crippen LogP) is 5.95. The molecule has 3 N–H and O–H groups in total. The molecule has 4 rings (SSSR count). The molecule has 2 amide bonds. The minimum Gasteiger partial charge on any atom is -0.350 e. The molecule has 1 aromatic carbocycles. The molecule has 210 valence electrons.